The second kappa shape index (κ2) is 8.40. The van der Waals surface area contributed by atoms with Gasteiger partial charge in [0.15, 0.2) is 10.6 Å². The molecule has 5 rings (SSSR count). The number of aromatic nitrogens is 1. The molecule has 0 saturated carbocycles. The third-order valence-corrected chi connectivity index (χ3v) is 7.24. The predicted octanol–water partition coefficient (Wildman–Crippen LogP) is 4.77. The fourth-order valence-electron chi connectivity index (χ4n) is 4.00. The van der Waals surface area contributed by atoms with Crippen molar-refractivity contribution in [2.24, 2.45) is 0 Å². The third-order valence-electron chi connectivity index (χ3n) is 5.61. The number of amides is 1. The number of halogens is 1. The molecule has 1 unspecified atom stereocenters. The summed E-state index contributed by atoms with van der Waals surface area (Å²) in [5.41, 5.74) is 0.566. The molecule has 0 fully saturated rings. The van der Waals surface area contributed by atoms with Crippen molar-refractivity contribution < 1.29 is 23.7 Å². The smallest absolute Gasteiger partial charge is 0.350 e. The molecule has 0 saturated heterocycles. The van der Waals surface area contributed by atoms with Gasteiger partial charge in [0.25, 0.3) is 11.6 Å². The number of nitro groups is 1. The van der Waals surface area contributed by atoms with Crippen molar-refractivity contribution in [1.82, 2.24) is 4.98 Å². The van der Waals surface area contributed by atoms with Gasteiger partial charge in [-0.2, -0.15) is 0 Å². The number of rotatable bonds is 4. The highest BCUT2D eigenvalue weighted by atomic mass is 79.9. The maximum absolute atomic E-state index is 13.6. The van der Waals surface area contributed by atoms with Crippen molar-refractivity contribution in [1.29, 1.82) is 0 Å². The molecule has 1 aliphatic rings. The summed E-state index contributed by atoms with van der Waals surface area (Å²) in [5, 5.41) is 11.6. The number of nitro benzene ring substituents is 1. The van der Waals surface area contributed by atoms with Gasteiger partial charge in [-0.25, -0.2) is 9.78 Å². The molecular weight excluding hydrogens is 542 g/mol. The summed E-state index contributed by atoms with van der Waals surface area (Å²) >= 11 is 4.29. The first-order valence-corrected chi connectivity index (χ1v) is 11.7. The normalized spacial score (nSPS) is 14.9. The number of fused-ring (bicyclic) bond motifs is 2. The van der Waals surface area contributed by atoms with Gasteiger partial charge in [-0.05, 0) is 42.8 Å². The Hall–Kier alpha value is -3.90. The topological polar surface area (TPSA) is 133 Å². The Labute approximate surface area is 209 Å². The van der Waals surface area contributed by atoms with E-state index in [0.717, 1.165) is 11.3 Å². The molecule has 4 aromatic rings. The highest BCUT2D eigenvalue weighted by Gasteiger charge is 2.45. The maximum Gasteiger partial charge on any atom is 0.350 e. The van der Waals surface area contributed by atoms with Gasteiger partial charge in [0.05, 0.1) is 34.7 Å². The summed E-state index contributed by atoms with van der Waals surface area (Å²) in [6.45, 7) is 1.61. The standard InChI is InChI=1S/C23H14BrN3O7S/c1-10-20(22(30)33-2)35-23(25-10)26-17(11-3-6-13(7-4-11)27(31)32)16-18(28)14-9-12(24)5-8-15(14)34-19(16)21(26)29/h3-9,17H,1-2H3. The van der Waals surface area contributed by atoms with E-state index in [2.05, 4.69) is 20.9 Å². The zero-order chi connectivity index (χ0) is 25.0. The van der Waals surface area contributed by atoms with Gasteiger partial charge in [0.1, 0.15) is 10.5 Å². The van der Waals surface area contributed by atoms with Crippen molar-refractivity contribution in [2.45, 2.75) is 13.0 Å². The number of carbonyl (C=O) groups is 2. The zero-order valence-corrected chi connectivity index (χ0v) is 20.5. The number of hydrogen-bond acceptors (Lipinski definition) is 9. The van der Waals surface area contributed by atoms with Crippen LogP contribution in [0.4, 0.5) is 10.8 Å². The Balaban J connectivity index is 1.77. The van der Waals surface area contributed by atoms with Crippen LogP contribution in [0.5, 0.6) is 0 Å². The molecule has 0 N–H and O–H groups in total. The molecule has 1 atom stereocenters. The SMILES string of the molecule is COC(=O)c1sc(N2C(=O)c3oc4ccc(Br)cc4c(=O)c3C2c2ccc([N+](=O)[O-])cc2)nc1C. The summed E-state index contributed by atoms with van der Waals surface area (Å²) < 4.78 is 11.3. The van der Waals surface area contributed by atoms with Crippen LogP contribution in [0.15, 0.2) is 56.1 Å². The van der Waals surface area contributed by atoms with Crippen molar-refractivity contribution >= 4 is 60.9 Å². The molecule has 0 radical (unpaired) electrons. The number of esters is 1. The number of nitrogens with zero attached hydrogens (tertiary/aromatic N) is 3. The number of non-ortho nitro benzene ring substituents is 1. The fourth-order valence-corrected chi connectivity index (χ4v) is 5.38. The Morgan fingerprint density at radius 2 is 1.94 bits per heavy atom. The molecule has 2 aromatic carbocycles. The van der Waals surface area contributed by atoms with E-state index in [-0.39, 0.29) is 38.0 Å². The number of hydrogen-bond donors (Lipinski definition) is 0. The highest BCUT2D eigenvalue weighted by molar-refractivity contribution is 9.10. The van der Waals surface area contributed by atoms with Crippen LogP contribution < -0.4 is 10.3 Å². The van der Waals surface area contributed by atoms with Crippen LogP contribution in [-0.4, -0.2) is 28.9 Å². The van der Waals surface area contributed by atoms with Gasteiger partial charge >= 0.3 is 5.97 Å². The molecule has 2 aromatic heterocycles. The van der Waals surface area contributed by atoms with Gasteiger partial charge in [0, 0.05) is 16.6 Å². The lowest BCUT2D eigenvalue weighted by molar-refractivity contribution is -0.384. The number of carbonyl (C=O) groups excluding carboxylic acids is 2. The molecule has 12 heteroatoms. The van der Waals surface area contributed by atoms with Crippen LogP contribution in [0, 0.1) is 17.0 Å². The Bertz CT molecular complexity index is 1610. The van der Waals surface area contributed by atoms with E-state index < -0.39 is 28.3 Å². The van der Waals surface area contributed by atoms with Crippen LogP contribution in [-0.2, 0) is 4.74 Å². The zero-order valence-electron chi connectivity index (χ0n) is 18.1. The lowest BCUT2D eigenvalue weighted by Gasteiger charge is -2.22. The number of thiazole rings is 1. The van der Waals surface area contributed by atoms with Crippen LogP contribution >= 0.6 is 27.3 Å². The van der Waals surface area contributed by atoms with Gasteiger partial charge in [-0.1, -0.05) is 27.3 Å². The summed E-state index contributed by atoms with van der Waals surface area (Å²) in [6.07, 6.45) is 0. The molecular formula is C23H14BrN3O7S. The van der Waals surface area contributed by atoms with E-state index in [9.17, 15) is 24.5 Å². The number of methoxy groups -OCH3 is 1. The van der Waals surface area contributed by atoms with Crippen LogP contribution in [0.25, 0.3) is 11.0 Å². The quantitative estimate of drug-likeness (QED) is 0.200. The Morgan fingerprint density at radius 3 is 2.60 bits per heavy atom. The second-order valence-electron chi connectivity index (χ2n) is 7.64. The molecule has 10 nitrogen and oxygen atoms in total. The number of benzene rings is 2. The first kappa shape index (κ1) is 22.9. The van der Waals surface area contributed by atoms with Gasteiger partial charge < -0.3 is 9.15 Å². The van der Waals surface area contributed by atoms with E-state index in [1.54, 1.807) is 25.1 Å². The molecule has 176 valence electrons. The molecule has 0 bridgehead atoms. The second-order valence-corrected chi connectivity index (χ2v) is 9.54. The monoisotopic (exact) mass is 555 g/mol. The van der Waals surface area contributed by atoms with Crippen LogP contribution in [0.3, 0.4) is 0 Å². The largest absolute Gasteiger partial charge is 0.465 e. The van der Waals surface area contributed by atoms with Gasteiger partial charge in [0.2, 0.25) is 5.76 Å². The third kappa shape index (κ3) is 3.61. The van der Waals surface area contributed by atoms with Crippen molar-refractivity contribution in [2.75, 3.05) is 12.0 Å². The van der Waals surface area contributed by atoms with E-state index in [0.29, 0.717) is 15.7 Å². The van der Waals surface area contributed by atoms with E-state index in [1.165, 1.54) is 36.3 Å². The number of ether oxygens (including phenoxy) is 1. The minimum atomic E-state index is -0.978. The maximum atomic E-state index is 13.6. The first-order chi connectivity index (χ1) is 16.7. The number of aryl methyl sites for hydroxylation is 1. The molecule has 35 heavy (non-hydrogen) atoms. The van der Waals surface area contributed by atoms with Crippen molar-refractivity contribution in [3.63, 3.8) is 0 Å². The minimum absolute atomic E-state index is 0.0851. The van der Waals surface area contributed by atoms with E-state index >= 15 is 0 Å². The molecule has 0 aliphatic carbocycles. The van der Waals surface area contributed by atoms with E-state index in [4.69, 9.17) is 9.15 Å². The fraction of sp³-hybridized carbons (Fsp3) is 0.130. The molecule has 1 aliphatic heterocycles. The summed E-state index contributed by atoms with van der Waals surface area (Å²) in [7, 11) is 1.24. The lowest BCUT2D eigenvalue weighted by Crippen LogP contribution is -2.29. The molecule has 3 heterocycles. The average molecular weight is 556 g/mol. The Morgan fingerprint density at radius 1 is 1.23 bits per heavy atom. The molecule has 1 amide bonds. The lowest BCUT2D eigenvalue weighted by atomic mass is 9.98. The van der Waals surface area contributed by atoms with Crippen LogP contribution in [0.1, 0.15) is 43.1 Å². The van der Waals surface area contributed by atoms with Crippen molar-refractivity contribution in [3.8, 4) is 0 Å². The van der Waals surface area contributed by atoms with Gasteiger partial charge in [-0.3, -0.25) is 24.6 Å². The van der Waals surface area contributed by atoms with Gasteiger partial charge in [-0.15, -0.1) is 0 Å². The average Bonchev–Trinajstić information content (AvgIpc) is 3.36. The minimum Gasteiger partial charge on any atom is -0.465 e. The molecule has 0 spiro atoms. The summed E-state index contributed by atoms with van der Waals surface area (Å²) in [5.74, 6) is -1.37. The summed E-state index contributed by atoms with van der Waals surface area (Å²) in [4.78, 5) is 55.9. The van der Waals surface area contributed by atoms with E-state index in [1.807, 2.05) is 0 Å². The number of anilines is 1. The van der Waals surface area contributed by atoms with Crippen LogP contribution in [0.2, 0.25) is 0 Å². The predicted molar refractivity (Wildman–Crippen MR) is 130 cm³/mol. The van der Waals surface area contributed by atoms with Crippen molar-refractivity contribution in [3.05, 3.63) is 94.7 Å². The first-order valence-electron chi connectivity index (χ1n) is 10.1. The Kier molecular flexibility index (Phi) is 5.49. The summed E-state index contributed by atoms with van der Waals surface area (Å²) in [6, 6.07) is 9.44. The highest BCUT2D eigenvalue weighted by Crippen LogP contribution is 2.43.